The predicted molar refractivity (Wildman–Crippen MR) is 105 cm³/mol. The van der Waals surface area contributed by atoms with Gasteiger partial charge in [0.25, 0.3) is 0 Å². The molecule has 3 aromatic rings. The van der Waals surface area contributed by atoms with E-state index in [-0.39, 0.29) is 29.7 Å². The van der Waals surface area contributed by atoms with Crippen LogP contribution in [0.2, 0.25) is 0 Å². The van der Waals surface area contributed by atoms with Crippen LogP contribution in [0.1, 0.15) is 25.8 Å². The van der Waals surface area contributed by atoms with Gasteiger partial charge in [-0.3, -0.25) is 4.57 Å². The summed E-state index contributed by atoms with van der Waals surface area (Å²) in [5.74, 6) is 1.59. The summed E-state index contributed by atoms with van der Waals surface area (Å²) in [6.45, 7) is 2.51. The molecule has 1 N–H and O–H groups in total. The van der Waals surface area contributed by atoms with Crippen LogP contribution in [0, 0.1) is 0 Å². The SMILES string of the molecule is CCOc1ccc(S(=O)(=O)NCCn2nc(-c3ccco3)n(C3CC3)c2=O)cc1. The highest BCUT2D eigenvalue weighted by Crippen LogP contribution is 2.36. The molecule has 9 nitrogen and oxygen atoms in total. The molecule has 1 aliphatic rings. The molecule has 0 saturated heterocycles. The fraction of sp³-hybridized carbons (Fsp3) is 0.368. The van der Waals surface area contributed by atoms with Crippen molar-refractivity contribution in [1.82, 2.24) is 19.1 Å². The van der Waals surface area contributed by atoms with Gasteiger partial charge >= 0.3 is 5.69 Å². The van der Waals surface area contributed by atoms with Crippen molar-refractivity contribution in [1.29, 1.82) is 0 Å². The highest BCUT2D eigenvalue weighted by atomic mass is 32.2. The molecular weight excluding hydrogens is 396 g/mol. The van der Waals surface area contributed by atoms with Gasteiger partial charge in [-0.05, 0) is 56.2 Å². The van der Waals surface area contributed by atoms with Gasteiger partial charge in [-0.25, -0.2) is 22.6 Å². The van der Waals surface area contributed by atoms with Gasteiger partial charge in [0.05, 0.1) is 24.3 Å². The monoisotopic (exact) mass is 418 g/mol. The summed E-state index contributed by atoms with van der Waals surface area (Å²) in [7, 11) is -3.70. The number of nitrogens with zero attached hydrogens (tertiary/aromatic N) is 3. The number of nitrogens with one attached hydrogen (secondary N) is 1. The fourth-order valence-corrected chi connectivity index (χ4v) is 4.07. The van der Waals surface area contributed by atoms with Crippen molar-refractivity contribution in [2.45, 2.75) is 37.2 Å². The quantitative estimate of drug-likeness (QED) is 0.570. The summed E-state index contributed by atoms with van der Waals surface area (Å²) in [6, 6.07) is 9.79. The van der Waals surface area contributed by atoms with Gasteiger partial charge in [0.15, 0.2) is 5.76 Å². The van der Waals surface area contributed by atoms with Crippen LogP contribution in [0.15, 0.2) is 56.8 Å². The highest BCUT2D eigenvalue weighted by molar-refractivity contribution is 7.89. The number of benzene rings is 1. The van der Waals surface area contributed by atoms with Crippen molar-refractivity contribution in [3.05, 3.63) is 53.1 Å². The number of hydrogen-bond acceptors (Lipinski definition) is 6. The molecule has 0 atom stereocenters. The van der Waals surface area contributed by atoms with E-state index in [1.165, 1.54) is 23.1 Å². The summed E-state index contributed by atoms with van der Waals surface area (Å²) in [6.07, 6.45) is 3.37. The van der Waals surface area contributed by atoms with E-state index < -0.39 is 10.0 Å². The van der Waals surface area contributed by atoms with Crippen LogP contribution in [-0.4, -0.2) is 35.9 Å². The van der Waals surface area contributed by atoms with Crippen molar-refractivity contribution in [2.24, 2.45) is 0 Å². The molecule has 154 valence electrons. The van der Waals surface area contributed by atoms with E-state index in [2.05, 4.69) is 9.82 Å². The largest absolute Gasteiger partial charge is 0.494 e. The van der Waals surface area contributed by atoms with Crippen molar-refractivity contribution < 1.29 is 17.6 Å². The third-order valence-corrected chi connectivity index (χ3v) is 6.06. The van der Waals surface area contributed by atoms with Crippen molar-refractivity contribution in [2.75, 3.05) is 13.2 Å². The van der Waals surface area contributed by atoms with Crippen LogP contribution in [0.3, 0.4) is 0 Å². The van der Waals surface area contributed by atoms with Gasteiger partial charge in [0.2, 0.25) is 15.8 Å². The number of rotatable bonds is 9. The highest BCUT2D eigenvalue weighted by Gasteiger charge is 2.31. The van der Waals surface area contributed by atoms with Gasteiger partial charge in [-0.2, -0.15) is 0 Å². The van der Waals surface area contributed by atoms with E-state index in [1.807, 2.05) is 6.92 Å². The maximum atomic E-state index is 12.7. The molecule has 0 amide bonds. The van der Waals surface area contributed by atoms with E-state index in [9.17, 15) is 13.2 Å². The molecule has 1 fully saturated rings. The number of aromatic nitrogens is 3. The average Bonchev–Trinajstić information content (AvgIpc) is 3.27. The summed E-state index contributed by atoms with van der Waals surface area (Å²) in [4.78, 5) is 12.9. The van der Waals surface area contributed by atoms with Gasteiger partial charge in [-0.15, -0.1) is 5.10 Å². The summed E-state index contributed by atoms with van der Waals surface area (Å²) >= 11 is 0. The summed E-state index contributed by atoms with van der Waals surface area (Å²) in [5, 5.41) is 4.36. The first-order valence-electron chi connectivity index (χ1n) is 9.45. The van der Waals surface area contributed by atoms with E-state index in [0.29, 0.717) is 23.9 Å². The van der Waals surface area contributed by atoms with Crippen LogP contribution in [0.5, 0.6) is 5.75 Å². The molecule has 1 aromatic carbocycles. The van der Waals surface area contributed by atoms with Gasteiger partial charge in [0.1, 0.15) is 5.75 Å². The van der Waals surface area contributed by atoms with Crippen LogP contribution >= 0.6 is 0 Å². The van der Waals surface area contributed by atoms with Crippen LogP contribution in [-0.2, 0) is 16.6 Å². The lowest BCUT2D eigenvalue weighted by molar-refractivity contribution is 0.340. The number of hydrogen-bond donors (Lipinski definition) is 1. The maximum Gasteiger partial charge on any atom is 0.346 e. The molecule has 2 aromatic heterocycles. The van der Waals surface area contributed by atoms with E-state index in [0.717, 1.165) is 12.8 Å². The standard InChI is InChI=1S/C19H22N4O5S/c1-2-27-15-7-9-16(10-8-15)29(25,26)20-11-12-22-19(24)23(14-5-6-14)18(21-22)17-4-3-13-28-17/h3-4,7-10,13-14,20H,2,5-6,11-12H2,1H3. The first kappa shape index (κ1) is 19.5. The zero-order chi connectivity index (χ0) is 20.4. The zero-order valence-electron chi connectivity index (χ0n) is 15.9. The van der Waals surface area contributed by atoms with Crippen molar-refractivity contribution in [3.63, 3.8) is 0 Å². The van der Waals surface area contributed by atoms with Crippen LogP contribution in [0.25, 0.3) is 11.6 Å². The van der Waals surface area contributed by atoms with Crippen LogP contribution < -0.4 is 15.1 Å². The Morgan fingerprint density at radius 1 is 1.24 bits per heavy atom. The topological polar surface area (TPSA) is 108 Å². The van der Waals surface area contributed by atoms with Gasteiger partial charge in [-0.1, -0.05) is 0 Å². The summed E-state index contributed by atoms with van der Waals surface area (Å²) < 4.78 is 41.1. The van der Waals surface area contributed by atoms with E-state index in [1.54, 1.807) is 28.8 Å². The Hall–Kier alpha value is -2.85. The minimum absolute atomic E-state index is 0.0364. The number of ether oxygens (including phenoxy) is 1. The molecular formula is C19H22N4O5S. The molecule has 0 unspecified atom stereocenters. The fourth-order valence-electron chi connectivity index (χ4n) is 3.05. The van der Waals surface area contributed by atoms with Crippen molar-refractivity contribution >= 4 is 10.0 Å². The number of furan rings is 1. The molecule has 10 heteroatoms. The minimum Gasteiger partial charge on any atom is -0.494 e. The smallest absolute Gasteiger partial charge is 0.346 e. The molecule has 4 rings (SSSR count). The van der Waals surface area contributed by atoms with Gasteiger partial charge < -0.3 is 9.15 Å². The Bertz CT molecular complexity index is 1130. The molecule has 2 heterocycles. The molecule has 29 heavy (non-hydrogen) atoms. The average molecular weight is 418 g/mol. The Balaban J connectivity index is 1.47. The van der Waals surface area contributed by atoms with E-state index >= 15 is 0 Å². The van der Waals surface area contributed by atoms with E-state index in [4.69, 9.17) is 9.15 Å². The van der Waals surface area contributed by atoms with Gasteiger partial charge in [0, 0.05) is 12.6 Å². The predicted octanol–water partition coefficient (Wildman–Crippen LogP) is 2.02. The Morgan fingerprint density at radius 2 is 2.00 bits per heavy atom. The normalized spacial score (nSPS) is 14.2. The number of sulfonamides is 1. The second-order valence-corrected chi connectivity index (χ2v) is 8.48. The van der Waals surface area contributed by atoms with Crippen LogP contribution in [0.4, 0.5) is 0 Å². The second kappa shape index (κ2) is 7.88. The lowest BCUT2D eigenvalue weighted by Gasteiger charge is -2.08. The molecule has 0 aliphatic heterocycles. The molecule has 0 bridgehead atoms. The third kappa shape index (κ3) is 4.13. The Kier molecular flexibility index (Phi) is 5.29. The maximum absolute atomic E-state index is 12.7. The summed E-state index contributed by atoms with van der Waals surface area (Å²) in [5.41, 5.74) is -0.265. The lowest BCUT2D eigenvalue weighted by Crippen LogP contribution is -2.32. The van der Waals surface area contributed by atoms with Crippen molar-refractivity contribution in [3.8, 4) is 17.3 Å². The Labute approximate surface area is 168 Å². The first-order valence-corrected chi connectivity index (χ1v) is 10.9. The second-order valence-electron chi connectivity index (χ2n) is 6.71. The molecule has 0 radical (unpaired) electrons. The first-order chi connectivity index (χ1) is 14.0. The third-order valence-electron chi connectivity index (χ3n) is 4.58. The molecule has 1 aliphatic carbocycles. The minimum atomic E-state index is -3.70. The molecule has 0 spiro atoms. The zero-order valence-corrected chi connectivity index (χ0v) is 16.8. The molecule has 1 saturated carbocycles. The Morgan fingerprint density at radius 3 is 2.62 bits per heavy atom. The lowest BCUT2D eigenvalue weighted by atomic mass is 10.3.